The van der Waals surface area contributed by atoms with Crippen LogP contribution in [0.3, 0.4) is 0 Å². The average molecular weight is 299 g/mol. The molecule has 2 amide bonds. The van der Waals surface area contributed by atoms with Crippen molar-refractivity contribution in [2.24, 2.45) is 0 Å². The number of allylic oxidation sites excluding steroid dienone is 2. The molecule has 0 radical (unpaired) electrons. The van der Waals surface area contributed by atoms with Gasteiger partial charge in [0.1, 0.15) is 11.9 Å². The summed E-state index contributed by atoms with van der Waals surface area (Å²) >= 11 is 0. The van der Waals surface area contributed by atoms with Gasteiger partial charge in [0.15, 0.2) is 0 Å². The van der Waals surface area contributed by atoms with Crippen molar-refractivity contribution in [2.75, 3.05) is 0 Å². The van der Waals surface area contributed by atoms with Crippen LogP contribution in [0.1, 0.15) is 24.7 Å². The highest BCUT2D eigenvalue weighted by molar-refractivity contribution is 5.99. The summed E-state index contributed by atoms with van der Waals surface area (Å²) in [5, 5.41) is 3.07. The number of amides is 2. The van der Waals surface area contributed by atoms with Crippen molar-refractivity contribution in [3.63, 3.8) is 0 Å². The van der Waals surface area contributed by atoms with Crippen LogP contribution < -0.4 is 21.4 Å². The molecule has 1 aliphatic rings. The number of imide groups is 1. The molecule has 1 N–H and O–H groups in total. The fourth-order valence-corrected chi connectivity index (χ4v) is 2.48. The van der Waals surface area contributed by atoms with Gasteiger partial charge in [0, 0.05) is 6.42 Å². The van der Waals surface area contributed by atoms with Crippen molar-refractivity contribution in [1.82, 2.24) is 14.9 Å². The van der Waals surface area contributed by atoms with Crippen LogP contribution in [0.2, 0.25) is 0 Å². The monoisotopic (exact) mass is 299 g/mol. The van der Waals surface area contributed by atoms with E-state index in [2.05, 4.69) is 23.5 Å². The van der Waals surface area contributed by atoms with E-state index in [1.807, 2.05) is 0 Å². The van der Waals surface area contributed by atoms with Gasteiger partial charge in [-0.1, -0.05) is 25.3 Å². The minimum atomic E-state index is -0.729. The van der Waals surface area contributed by atoms with Crippen molar-refractivity contribution < 1.29 is 9.59 Å². The molecule has 0 bridgehead atoms. The molecule has 1 aromatic rings. The lowest BCUT2D eigenvalue weighted by molar-refractivity contribution is -0.135. The molecule has 1 unspecified atom stereocenters. The molecule has 0 saturated carbocycles. The Labute approximate surface area is 127 Å². The van der Waals surface area contributed by atoms with Gasteiger partial charge in [-0.05, 0) is 25.5 Å². The highest BCUT2D eigenvalue weighted by Gasteiger charge is 2.30. The number of carbonyl (C=O) groups excluding carboxylic acids is 2. The Morgan fingerprint density at radius 2 is 1.91 bits per heavy atom. The van der Waals surface area contributed by atoms with Crippen LogP contribution in [0.5, 0.6) is 0 Å². The number of carbonyl (C=O) groups is 2. The molecule has 2 rings (SSSR count). The molecule has 1 aromatic heterocycles. The van der Waals surface area contributed by atoms with Crippen LogP contribution in [0.4, 0.5) is 0 Å². The quantitative estimate of drug-likeness (QED) is 0.760. The summed E-state index contributed by atoms with van der Waals surface area (Å²) in [5.41, 5.74) is -0.338. The van der Waals surface area contributed by atoms with E-state index in [0.29, 0.717) is 16.4 Å². The highest BCUT2D eigenvalue weighted by Crippen LogP contribution is 2.16. The fraction of sp³-hybridized carbons (Fsp3) is 0.250. The molecule has 114 valence electrons. The Morgan fingerprint density at radius 1 is 1.23 bits per heavy atom. The van der Waals surface area contributed by atoms with E-state index in [9.17, 15) is 14.4 Å². The van der Waals surface area contributed by atoms with E-state index in [0.717, 1.165) is 0 Å². The lowest BCUT2D eigenvalue weighted by Gasteiger charge is -2.24. The lowest BCUT2D eigenvalue weighted by atomic mass is 10.1. The van der Waals surface area contributed by atoms with Gasteiger partial charge in [-0.15, -0.1) is 0 Å². The first-order valence-corrected chi connectivity index (χ1v) is 6.88. The van der Waals surface area contributed by atoms with Gasteiger partial charge in [-0.25, -0.2) is 4.98 Å². The number of nitrogens with zero attached hydrogens (tertiary/aromatic N) is 2. The van der Waals surface area contributed by atoms with Crippen molar-refractivity contribution in [3.05, 3.63) is 52.1 Å². The van der Waals surface area contributed by atoms with Crippen LogP contribution in [-0.4, -0.2) is 21.4 Å². The minimum absolute atomic E-state index is 0.198. The zero-order chi connectivity index (χ0) is 16.3. The summed E-state index contributed by atoms with van der Waals surface area (Å²) in [6.45, 7) is 8.85. The average Bonchev–Trinajstić information content (AvgIpc) is 2.45. The van der Waals surface area contributed by atoms with Crippen LogP contribution in [-0.2, 0) is 9.59 Å². The topological polar surface area (TPSA) is 81.1 Å². The van der Waals surface area contributed by atoms with E-state index in [1.165, 1.54) is 16.7 Å². The summed E-state index contributed by atoms with van der Waals surface area (Å²) in [7, 11) is 0. The maximum atomic E-state index is 12.7. The second kappa shape index (κ2) is 6.34. The maximum absolute atomic E-state index is 12.7. The maximum Gasteiger partial charge on any atom is 0.262 e. The molecule has 6 heteroatoms. The molecule has 1 aliphatic heterocycles. The van der Waals surface area contributed by atoms with Crippen molar-refractivity contribution >= 4 is 24.0 Å². The SMILES string of the molecule is C=C/C=c1/nc(C)n(C2CCC(=O)NC2=O)c(=O)/c1=C/C=C. The standard InChI is InChI=1S/C16H17N3O3/c1-4-6-11-12(7-5-2)17-10(3)19(16(11)22)13-8-9-14(20)18-15(13)21/h4-7,13H,1-2,8-9H2,3H3,(H,18,20,21)/b11-6+,12-7+. The summed E-state index contributed by atoms with van der Waals surface area (Å²) < 4.78 is 1.33. The molecule has 1 atom stereocenters. The Balaban J connectivity index is 2.74. The first-order valence-electron chi connectivity index (χ1n) is 6.88. The van der Waals surface area contributed by atoms with Crippen molar-refractivity contribution in [2.45, 2.75) is 25.8 Å². The molecule has 0 aromatic carbocycles. The highest BCUT2D eigenvalue weighted by atomic mass is 16.2. The summed E-state index contributed by atoms with van der Waals surface area (Å²) in [4.78, 5) is 40.4. The summed E-state index contributed by atoms with van der Waals surface area (Å²) in [6.07, 6.45) is 6.68. The second-order valence-corrected chi connectivity index (χ2v) is 4.90. The number of hydrogen-bond donors (Lipinski definition) is 1. The predicted octanol–water partition coefficient (Wildman–Crippen LogP) is -0.538. The van der Waals surface area contributed by atoms with Gasteiger partial charge in [-0.2, -0.15) is 0 Å². The Hall–Kier alpha value is -2.76. The number of aromatic nitrogens is 2. The van der Waals surface area contributed by atoms with Crippen LogP contribution in [0.15, 0.2) is 30.1 Å². The summed E-state index contributed by atoms with van der Waals surface area (Å²) in [5.74, 6) is -0.392. The third kappa shape index (κ3) is 2.81. The molecule has 0 aliphatic carbocycles. The third-order valence-corrected chi connectivity index (χ3v) is 3.44. The molecule has 6 nitrogen and oxygen atoms in total. The van der Waals surface area contributed by atoms with E-state index < -0.39 is 11.9 Å². The molecular weight excluding hydrogens is 282 g/mol. The van der Waals surface area contributed by atoms with Crippen LogP contribution in [0.25, 0.3) is 12.2 Å². The lowest BCUT2D eigenvalue weighted by Crippen LogP contribution is -2.52. The minimum Gasteiger partial charge on any atom is -0.295 e. The van der Waals surface area contributed by atoms with Gasteiger partial charge in [0.2, 0.25) is 11.8 Å². The normalized spacial score (nSPS) is 20.0. The summed E-state index contributed by atoms with van der Waals surface area (Å²) in [6, 6.07) is -0.729. The third-order valence-electron chi connectivity index (χ3n) is 3.44. The Kier molecular flexibility index (Phi) is 4.50. The number of aryl methyl sites for hydroxylation is 1. The van der Waals surface area contributed by atoms with Crippen LogP contribution in [0, 0.1) is 6.92 Å². The van der Waals surface area contributed by atoms with E-state index >= 15 is 0 Å². The molecule has 1 saturated heterocycles. The zero-order valence-corrected chi connectivity index (χ0v) is 12.3. The number of rotatable bonds is 3. The van der Waals surface area contributed by atoms with Gasteiger partial charge in [0.05, 0.1) is 10.6 Å². The van der Waals surface area contributed by atoms with E-state index in [1.54, 1.807) is 19.1 Å². The first kappa shape index (κ1) is 15.6. The first-order chi connectivity index (χ1) is 10.5. The smallest absolute Gasteiger partial charge is 0.262 e. The number of piperidine rings is 1. The van der Waals surface area contributed by atoms with Crippen LogP contribution >= 0.6 is 0 Å². The fourth-order valence-electron chi connectivity index (χ4n) is 2.48. The second-order valence-electron chi connectivity index (χ2n) is 4.90. The van der Waals surface area contributed by atoms with Gasteiger partial charge in [0.25, 0.3) is 5.56 Å². The van der Waals surface area contributed by atoms with Crippen molar-refractivity contribution in [3.8, 4) is 0 Å². The predicted molar refractivity (Wildman–Crippen MR) is 83.2 cm³/mol. The van der Waals surface area contributed by atoms with E-state index in [4.69, 9.17) is 0 Å². The Bertz CT molecular complexity index is 833. The van der Waals surface area contributed by atoms with Gasteiger partial charge < -0.3 is 0 Å². The number of hydrogen-bond acceptors (Lipinski definition) is 4. The van der Waals surface area contributed by atoms with Crippen molar-refractivity contribution in [1.29, 1.82) is 0 Å². The zero-order valence-electron chi connectivity index (χ0n) is 12.3. The molecular formula is C16H17N3O3. The molecule has 1 fully saturated rings. The van der Waals surface area contributed by atoms with Gasteiger partial charge in [-0.3, -0.25) is 24.3 Å². The van der Waals surface area contributed by atoms with Gasteiger partial charge >= 0.3 is 0 Å². The Morgan fingerprint density at radius 3 is 2.50 bits per heavy atom. The molecule has 22 heavy (non-hydrogen) atoms. The molecule has 2 heterocycles. The number of nitrogens with one attached hydrogen (secondary N) is 1. The molecule has 0 spiro atoms. The largest absolute Gasteiger partial charge is 0.295 e. The van der Waals surface area contributed by atoms with E-state index in [-0.39, 0.29) is 24.3 Å².